The van der Waals surface area contributed by atoms with Crippen molar-refractivity contribution in [3.63, 3.8) is 0 Å². The van der Waals surface area contributed by atoms with Crippen LogP contribution < -0.4 is 5.73 Å². The number of nitrogens with two attached hydrogens (primary N) is 1. The molecule has 0 spiro atoms. The molecule has 1 aliphatic heterocycles. The van der Waals surface area contributed by atoms with E-state index in [0.717, 1.165) is 67.0 Å². The molecule has 6 heteroatoms. The highest BCUT2D eigenvalue weighted by atomic mass is 16.1. The topological polar surface area (TPSA) is 75.3 Å². The van der Waals surface area contributed by atoms with Crippen LogP contribution in [0.25, 0.3) is 28.1 Å². The molecule has 0 bridgehead atoms. The molecule has 0 amide bonds. The monoisotopic (exact) mass is 551 g/mol. The molecular formula is C36H33N5O. The van der Waals surface area contributed by atoms with Crippen molar-refractivity contribution < 1.29 is 4.79 Å². The minimum absolute atomic E-state index is 0.0493. The average Bonchev–Trinajstić information content (AvgIpc) is 3.14. The lowest BCUT2D eigenvalue weighted by Gasteiger charge is -2.36. The van der Waals surface area contributed by atoms with Crippen LogP contribution in [0.4, 0.5) is 5.95 Å². The summed E-state index contributed by atoms with van der Waals surface area (Å²) in [5, 5.41) is 0. The predicted molar refractivity (Wildman–Crippen MR) is 169 cm³/mol. The molecule has 42 heavy (non-hydrogen) atoms. The molecule has 7 rings (SSSR count). The summed E-state index contributed by atoms with van der Waals surface area (Å²) in [5.74, 6) is 0.120. The fraction of sp³-hybridized carbons (Fsp3) is 0.194. The van der Waals surface area contributed by atoms with E-state index in [2.05, 4.69) is 80.5 Å². The molecule has 208 valence electrons. The van der Waals surface area contributed by atoms with Crippen molar-refractivity contribution in [2.75, 3.05) is 31.9 Å². The van der Waals surface area contributed by atoms with Gasteiger partial charge >= 0.3 is 0 Å². The van der Waals surface area contributed by atoms with Gasteiger partial charge in [0, 0.05) is 55.1 Å². The second-order valence-electron chi connectivity index (χ2n) is 11.2. The van der Waals surface area contributed by atoms with E-state index in [1.165, 1.54) is 11.3 Å². The number of piperazine rings is 1. The first-order valence-corrected chi connectivity index (χ1v) is 14.6. The Morgan fingerprint density at radius 1 is 0.786 bits per heavy atom. The van der Waals surface area contributed by atoms with E-state index in [1.807, 2.05) is 43.3 Å². The molecule has 4 aromatic rings. The number of anilines is 1. The van der Waals surface area contributed by atoms with Gasteiger partial charge in [-0.2, -0.15) is 0 Å². The van der Waals surface area contributed by atoms with Gasteiger partial charge < -0.3 is 10.6 Å². The van der Waals surface area contributed by atoms with E-state index in [0.29, 0.717) is 22.5 Å². The maximum atomic E-state index is 13.8. The second-order valence-corrected chi connectivity index (χ2v) is 11.2. The summed E-state index contributed by atoms with van der Waals surface area (Å²) in [6.07, 6.45) is 9.64. The number of aromatic nitrogens is 2. The molecule has 3 aromatic carbocycles. The van der Waals surface area contributed by atoms with Gasteiger partial charge in [0.25, 0.3) is 0 Å². The van der Waals surface area contributed by atoms with Gasteiger partial charge in [-0.05, 0) is 42.2 Å². The van der Waals surface area contributed by atoms with Crippen LogP contribution in [0.2, 0.25) is 0 Å². The van der Waals surface area contributed by atoms with Crippen molar-refractivity contribution in [1.29, 1.82) is 0 Å². The largest absolute Gasteiger partial charge is 0.369 e. The number of aryl methyl sites for hydroxylation is 1. The van der Waals surface area contributed by atoms with Gasteiger partial charge in [-0.15, -0.1) is 0 Å². The number of fused-ring (bicyclic) bond motifs is 3. The Morgan fingerprint density at radius 3 is 2.31 bits per heavy atom. The molecule has 6 nitrogen and oxygen atoms in total. The minimum Gasteiger partial charge on any atom is -0.369 e. The first kappa shape index (κ1) is 26.1. The molecular weight excluding hydrogens is 518 g/mol. The van der Waals surface area contributed by atoms with Gasteiger partial charge in [0.15, 0.2) is 5.78 Å². The highest BCUT2D eigenvalue weighted by molar-refractivity contribution is 6.25. The van der Waals surface area contributed by atoms with E-state index < -0.39 is 0 Å². The number of allylic oxidation sites excluding steroid dienone is 5. The quantitative estimate of drug-likeness (QED) is 0.277. The molecule has 0 radical (unpaired) electrons. The van der Waals surface area contributed by atoms with Crippen molar-refractivity contribution in [2.24, 2.45) is 0 Å². The summed E-state index contributed by atoms with van der Waals surface area (Å²) >= 11 is 0. The Hall–Kier alpha value is -4.81. The van der Waals surface area contributed by atoms with Crippen molar-refractivity contribution in [3.8, 4) is 22.5 Å². The van der Waals surface area contributed by atoms with Gasteiger partial charge in [0.2, 0.25) is 5.95 Å². The van der Waals surface area contributed by atoms with E-state index in [1.54, 1.807) is 0 Å². The molecule has 0 unspecified atom stereocenters. The maximum Gasteiger partial charge on any atom is 0.221 e. The summed E-state index contributed by atoms with van der Waals surface area (Å²) in [5.41, 5.74) is 16.2. The SMILES string of the molecule is Cc1ccc(-c2nc(N)nc3c2C(=O)c2cccc(C4=CC=C(N5CCN(Cc6ccccc6)CC5)C=CC4)c2-3)cc1. The van der Waals surface area contributed by atoms with Crippen LogP contribution in [0.3, 0.4) is 0 Å². The number of ketones is 1. The Morgan fingerprint density at radius 2 is 1.52 bits per heavy atom. The normalized spacial score (nSPS) is 16.5. The lowest BCUT2D eigenvalue weighted by Crippen LogP contribution is -2.45. The smallest absolute Gasteiger partial charge is 0.221 e. The van der Waals surface area contributed by atoms with E-state index >= 15 is 0 Å². The standard InChI is InChI=1S/C36H33N5O/c1-24-13-15-27(16-14-24)33-32-34(39-36(37)38-33)31-29(11-6-12-30(31)35(32)42)26-9-5-10-28(18-17-26)41-21-19-40(20-22-41)23-25-7-3-2-4-8-25/h2-8,10-18H,9,19-23H2,1H3,(H2,37,38,39). The van der Waals surface area contributed by atoms with Crippen molar-refractivity contribution in [1.82, 2.24) is 19.8 Å². The Kier molecular flexibility index (Phi) is 6.76. The summed E-state index contributed by atoms with van der Waals surface area (Å²) in [6.45, 7) is 7.08. The van der Waals surface area contributed by atoms with Crippen molar-refractivity contribution >= 4 is 17.3 Å². The predicted octanol–water partition coefficient (Wildman–Crippen LogP) is 6.29. The number of hydrogen-bond acceptors (Lipinski definition) is 6. The van der Waals surface area contributed by atoms with Gasteiger partial charge in [0.05, 0.1) is 17.0 Å². The molecule has 2 N–H and O–H groups in total. The van der Waals surface area contributed by atoms with Crippen LogP contribution in [-0.4, -0.2) is 51.7 Å². The van der Waals surface area contributed by atoms with Crippen LogP contribution in [0.1, 0.15) is 39.0 Å². The van der Waals surface area contributed by atoms with Crippen LogP contribution >= 0.6 is 0 Å². The number of hydrogen-bond donors (Lipinski definition) is 1. The molecule has 0 atom stereocenters. The zero-order chi connectivity index (χ0) is 28.6. The third-order valence-electron chi connectivity index (χ3n) is 8.44. The molecule has 3 aliphatic rings. The summed E-state index contributed by atoms with van der Waals surface area (Å²) in [4.78, 5) is 27.9. The molecule has 1 saturated heterocycles. The van der Waals surface area contributed by atoms with E-state index in [-0.39, 0.29) is 11.7 Å². The van der Waals surface area contributed by atoms with Crippen molar-refractivity contribution in [3.05, 3.63) is 131 Å². The number of carbonyl (C=O) groups excluding carboxylic acids is 1. The van der Waals surface area contributed by atoms with E-state index in [4.69, 9.17) is 5.73 Å². The Labute approximate surface area is 246 Å². The van der Waals surface area contributed by atoms with Crippen molar-refractivity contribution in [2.45, 2.75) is 19.9 Å². The maximum absolute atomic E-state index is 13.8. The average molecular weight is 552 g/mol. The molecule has 0 saturated carbocycles. The van der Waals surface area contributed by atoms with Crippen LogP contribution in [0, 0.1) is 6.92 Å². The lowest BCUT2D eigenvalue weighted by atomic mass is 9.94. The second kappa shape index (κ2) is 10.9. The van der Waals surface area contributed by atoms with Gasteiger partial charge in [-0.1, -0.05) is 90.5 Å². The molecule has 1 fully saturated rings. The lowest BCUT2D eigenvalue weighted by molar-refractivity contribution is 0.104. The molecule has 2 aliphatic carbocycles. The molecule has 1 aromatic heterocycles. The highest BCUT2D eigenvalue weighted by Gasteiger charge is 2.34. The first-order chi connectivity index (χ1) is 20.5. The summed E-state index contributed by atoms with van der Waals surface area (Å²) in [7, 11) is 0. The number of benzene rings is 3. The number of nitrogens with zero attached hydrogens (tertiary/aromatic N) is 4. The van der Waals surface area contributed by atoms with Crippen LogP contribution in [0.5, 0.6) is 0 Å². The third kappa shape index (κ3) is 4.84. The summed E-state index contributed by atoms with van der Waals surface area (Å²) in [6, 6.07) is 24.6. The zero-order valence-corrected chi connectivity index (χ0v) is 23.8. The number of rotatable bonds is 5. The highest BCUT2D eigenvalue weighted by Crippen LogP contribution is 2.44. The van der Waals surface area contributed by atoms with Gasteiger partial charge in [0.1, 0.15) is 0 Å². The number of carbonyl (C=O) groups is 1. The number of nitrogen functional groups attached to an aromatic ring is 1. The first-order valence-electron chi connectivity index (χ1n) is 14.6. The Balaban J connectivity index is 1.18. The summed E-state index contributed by atoms with van der Waals surface area (Å²) < 4.78 is 0. The van der Waals surface area contributed by atoms with Gasteiger partial charge in [-0.3, -0.25) is 9.69 Å². The fourth-order valence-corrected chi connectivity index (χ4v) is 6.23. The van der Waals surface area contributed by atoms with E-state index in [9.17, 15) is 4.79 Å². The minimum atomic E-state index is -0.0493. The van der Waals surface area contributed by atoms with Crippen LogP contribution in [0.15, 0.2) is 103 Å². The molecule has 2 heterocycles. The van der Waals surface area contributed by atoms with Gasteiger partial charge in [-0.25, -0.2) is 9.97 Å². The third-order valence-corrected chi connectivity index (χ3v) is 8.44. The zero-order valence-electron chi connectivity index (χ0n) is 23.8. The fourth-order valence-electron chi connectivity index (χ4n) is 6.23. The van der Waals surface area contributed by atoms with Crippen LogP contribution in [-0.2, 0) is 6.54 Å². The Bertz CT molecular complexity index is 1760.